The molecule has 1 heterocycles. The van der Waals surface area contributed by atoms with E-state index in [4.69, 9.17) is 9.47 Å². The highest BCUT2D eigenvalue weighted by atomic mass is 16.5. The minimum Gasteiger partial charge on any atom is -0.496 e. The lowest BCUT2D eigenvalue weighted by Crippen LogP contribution is -2.36. The maximum atomic E-state index is 12.7. The highest BCUT2D eigenvalue weighted by Crippen LogP contribution is 2.36. The molecule has 1 aliphatic heterocycles. The average Bonchev–Trinajstić information content (AvgIpc) is 2.57. The second-order valence-electron chi connectivity index (χ2n) is 4.83. The molecule has 0 aromatic heterocycles. The van der Waals surface area contributed by atoms with E-state index in [1.165, 1.54) is 26.5 Å². The minimum atomic E-state index is -0.892. The zero-order chi connectivity index (χ0) is 15.9. The zero-order valence-corrected chi connectivity index (χ0v) is 12.0. The molecule has 2 aliphatic rings. The van der Waals surface area contributed by atoms with Crippen LogP contribution in [0.15, 0.2) is 41.7 Å². The number of esters is 1. The van der Waals surface area contributed by atoms with E-state index in [9.17, 15) is 14.4 Å². The number of hydrogen-bond donors (Lipinski definition) is 1. The average molecular weight is 299 g/mol. The fourth-order valence-electron chi connectivity index (χ4n) is 2.72. The molecule has 3 rings (SSSR count). The zero-order valence-electron chi connectivity index (χ0n) is 12.0. The standard InChI is InChI=1S/C16H13NO5/c1-21-10-5-3-4-8-11(10)15(19)13-12(14(8)18)9(6-7-17-13)16(20)22-2/h3-7,9,17H,1-2H3. The van der Waals surface area contributed by atoms with Crippen LogP contribution in [0.25, 0.3) is 0 Å². The van der Waals surface area contributed by atoms with Crippen LogP contribution in [0.2, 0.25) is 0 Å². The van der Waals surface area contributed by atoms with Gasteiger partial charge in [0.05, 0.1) is 25.5 Å². The first-order chi connectivity index (χ1) is 10.6. The number of fused-ring (bicyclic) bond motifs is 1. The molecular weight excluding hydrogens is 286 g/mol. The summed E-state index contributed by atoms with van der Waals surface area (Å²) in [5.74, 6) is -1.90. The Morgan fingerprint density at radius 2 is 1.95 bits per heavy atom. The number of carbonyl (C=O) groups excluding carboxylic acids is 3. The number of carbonyl (C=O) groups is 3. The summed E-state index contributed by atoms with van der Waals surface area (Å²) in [6.07, 6.45) is 2.97. The number of allylic oxidation sites excluding steroid dienone is 1. The van der Waals surface area contributed by atoms with Crippen molar-refractivity contribution in [1.82, 2.24) is 5.32 Å². The third-order valence-corrected chi connectivity index (χ3v) is 3.74. The Morgan fingerprint density at radius 3 is 2.64 bits per heavy atom. The number of hydrogen-bond acceptors (Lipinski definition) is 6. The first kappa shape index (κ1) is 14.1. The van der Waals surface area contributed by atoms with E-state index in [2.05, 4.69) is 5.32 Å². The SMILES string of the molecule is COC(=O)C1C=CNC2=C1C(=O)c1cccc(OC)c1C2=O. The highest BCUT2D eigenvalue weighted by Gasteiger charge is 2.41. The van der Waals surface area contributed by atoms with Crippen molar-refractivity contribution in [2.75, 3.05) is 14.2 Å². The molecule has 22 heavy (non-hydrogen) atoms. The van der Waals surface area contributed by atoms with E-state index < -0.39 is 11.9 Å². The van der Waals surface area contributed by atoms with E-state index in [0.717, 1.165) is 0 Å². The maximum Gasteiger partial charge on any atom is 0.317 e. The van der Waals surface area contributed by atoms with Gasteiger partial charge < -0.3 is 14.8 Å². The summed E-state index contributed by atoms with van der Waals surface area (Å²) in [6.45, 7) is 0. The van der Waals surface area contributed by atoms with Crippen molar-refractivity contribution in [2.45, 2.75) is 0 Å². The van der Waals surface area contributed by atoms with Gasteiger partial charge >= 0.3 is 5.97 Å². The smallest absolute Gasteiger partial charge is 0.317 e. The van der Waals surface area contributed by atoms with Crippen molar-refractivity contribution in [3.8, 4) is 5.75 Å². The number of nitrogens with one attached hydrogen (secondary N) is 1. The summed E-state index contributed by atoms with van der Waals surface area (Å²) in [4.78, 5) is 37.3. The Morgan fingerprint density at radius 1 is 1.18 bits per heavy atom. The number of dihydropyridines is 1. The number of ether oxygens (including phenoxy) is 2. The van der Waals surface area contributed by atoms with Crippen molar-refractivity contribution >= 4 is 17.5 Å². The largest absolute Gasteiger partial charge is 0.496 e. The summed E-state index contributed by atoms with van der Waals surface area (Å²) < 4.78 is 9.89. The highest BCUT2D eigenvalue weighted by molar-refractivity contribution is 6.29. The van der Waals surface area contributed by atoms with Crippen molar-refractivity contribution in [3.63, 3.8) is 0 Å². The summed E-state index contributed by atoms with van der Waals surface area (Å²) in [7, 11) is 2.67. The van der Waals surface area contributed by atoms with Crippen molar-refractivity contribution < 1.29 is 23.9 Å². The van der Waals surface area contributed by atoms with Crippen LogP contribution in [0.4, 0.5) is 0 Å². The number of rotatable bonds is 2. The van der Waals surface area contributed by atoms with Gasteiger partial charge in [-0.1, -0.05) is 12.1 Å². The lowest BCUT2D eigenvalue weighted by atomic mass is 9.79. The predicted molar refractivity (Wildman–Crippen MR) is 76.5 cm³/mol. The number of Topliss-reactive ketones (excluding diaryl/α,β-unsaturated/α-hetero) is 2. The van der Waals surface area contributed by atoms with Crippen LogP contribution in [0.5, 0.6) is 5.75 Å². The van der Waals surface area contributed by atoms with Gasteiger partial charge in [-0.05, 0) is 18.3 Å². The fourth-order valence-corrected chi connectivity index (χ4v) is 2.72. The van der Waals surface area contributed by atoms with Crippen LogP contribution >= 0.6 is 0 Å². The van der Waals surface area contributed by atoms with Gasteiger partial charge in [0.2, 0.25) is 5.78 Å². The van der Waals surface area contributed by atoms with E-state index in [0.29, 0.717) is 5.75 Å². The molecule has 1 aromatic rings. The third-order valence-electron chi connectivity index (χ3n) is 3.74. The number of benzene rings is 1. The van der Waals surface area contributed by atoms with E-state index in [1.807, 2.05) is 0 Å². The molecule has 0 amide bonds. The molecule has 0 saturated heterocycles. The summed E-state index contributed by atoms with van der Waals surface area (Å²) in [5, 5.41) is 2.77. The molecule has 1 N–H and O–H groups in total. The Labute approximate surface area is 126 Å². The fraction of sp³-hybridized carbons (Fsp3) is 0.188. The van der Waals surface area contributed by atoms with Gasteiger partial charge in [-0.3, -0.25) is 14.4 Å². The van der Waals surface area contributed by atoms with Gasteiger partial charge in [0.25, 0.3) is 0 Å². The molecule has 0 spiro atoms. The lowest BCUT2D eigenvalue weighted by molar-refractivity contribution is -0.142. The number of ketones is 2. The van der Waals surface area contributed by atoms with Crippen LogP contribution in [0.3, 0.4) is 0 Å². The molecule has 1 unspecified atom stereocenters. The van der Waals surface area contributed by atoms with Crippen LogP contribution in [0, 0.1) is 5.92 Å². The van der Waals surface area contributed by atoms with Crippen LogP contribution in [-0.2, 0) is 9.53 Å². The predicted octanol–water partition coefficient (Wildman–Crippen LogP) is 1.23. The topological polar surface area (TPSA) is 81.7 Å². The van der Waals surface area contributed by atoms with E-state index in [-0.39, 0.29) is 34.0 Å². The maximum absolute atomic E-state index is 12.7. The Balaban J connectivity index is 2.20. The summed E-state index contributed by atoms with van der Waals surface area (Å²) in [5.41, 5.74) is 0.647. The van der Waals surface area contributed by atoms with E-state index >= 15 is 0 Å². The van der Waals surface area contributed by atoms with Crippen LogP contribution < -0.4 is 10.1 Å². The first-order valence-corrected chi connectivity index (χ1v) is 6.61. The summed E-state index contributed by atoms with van der Waals surface area (Å²) in [6, 6.07) is 4.80. The van der Waals surface area contributed by atoms with Crippen LogP contribution in [-0.4, -0.2) is 31.8 Å². The van der Waals surface area contributed by atoms with Crippen molar-refractivity contribution in [2.24, 2.45) is 5.92 Å². The second kappa shape index (κ2) is 5.14. The Bertz CT molecular complexity index is 760. The van der Waals surface area contributed by atoms with Gasteiger partial charge in [-0.2, -0.15) is 0 Å². The quantitative estimate of drug-likeness (QED) is 0.827. The molecular formula is C16H13NO5. The van der Waals surface area contributed by atoms with E-state index in [1.54, 1.807) is 18.2 Å². The van der Waals surface area contributed by atoms with Gasteiger partial charge in [-0.15, -0.1) is 0 Å². The molecule has 1 aromatic carbocycles. The molecule has 0 saturated carbocycles. The van der Waals surface area contributed by atoms with Gasteiger partial charge in [0.15, 0.2) is 5.78 Å². The normalized spacial score (nSPS) is 19.3. The molecule has 0 fully saturated rings. The Hall–Kier alpha value is -2.89. The molecule has 0 radical (unpaired) electrons. The van der Waals surface area contributed by atoms with Gasteiger partial charge in [-0.25, -0.2) is 0 Å². The Kier molecular flexibility index (Phi) is 3.29. The molecule has 1 atom stereocenters. The number of methoxy groups -OCH3 is 2. The molecule has 6 nitrogen and oxygen atoms in total. The lowest BCUT2D eigenvalue weighted by Gasteiger charge is -2.27. The van der Waals surface area contributed by atoms with Crippen LogP contribution in [0.1, 0.15) is 20.7 Å². The molecule has 112 valence electrons. The van der Waals surface area contributed by atoms with Crippen molar-refractivity contribution in [1.29, 1.82) is 0 Å². The monoisotopic (exact) mass is 299 g/mol. The minimum absolute atomic E-state index is 0.0971. The molecule has 6 heteroatoms. The molecule has 0 bridgehead atoms. The third kappa shape index (κ3) is 1.84. The van der Waals surface area contributed by atoms with Crippen molar-refractivity contribution in [3.05, 3.63) is 52.9 Å². The van der Waals surface area contributed by atoms with Gasteiger partial charge in [0.1, 0.15) is 11.7 Å². The van der Waals surface area contributed by atoms with Gasteiger partial charge in [0, 0.05) is 11.1 Å². The summed E-state index contributed by atoms with van der Waals surface area (Å²) >= 11 is 0. The second-order valence-corrected chi connectivity index (χ2v) is 4.83. The first-order valence-electron chi connectivity index (χ1n) is 6.61. The molecule has 1 aliphatic carbocycles.